The molecule has 0 fully saturated rings. The molecule has 0 atom stereocenters. The first kappa shape index (κ1) is 11.9. The zero-order chi connectivity index (χ0) is 12.6. The average Bonchev–Trinajstić information content (AvgIpc) is 2.27. The average molecular weight is 228 g/mol. The molecular formula is C13H17BN2O. The van der Waals surface area contributed by atoms with Crippen molar-refractivity contribution in [1.82, 2.24) is 9.55 Å². The molecule has 0 saturated carbocycles. The Bertz CT molecular complexity index is 617. The van der Waals surface area contributed by atoms with Crippen LogP contribution in [0.1, 0.15) is 32.6 Å². The Balaban J connectivity index is 2.88. The molecular weight excluding hydrogens is 211 g/mol. The fourth-order valence-electron chi connectivity index (χ4n) is 2.14. The van der Waals surface area contributed by atoms with Crippen molar-refractivity contribution >= 4 is 24.2 Å². The number of fused-ring (bicyclic) bond motifs is 1. The highest BCUT2D eigenvalue weighted by Gasteiger charge is 2.11. The van der Waals surface area contributed by atoms with Crippen molar-refractivity contribution in [1.29, 1.82) is 0 Å². The topological polar surface area (TPSA) is 34.9 Å². The van der Waals surface area contributed by atoms with Gasteiger partial charge in [0.1, 0.15) is 13.7 Å². The molecule has 1 aromatic carbocycles. The lowest BCUT2D eigenvalue weighted by Gasteiger charge is -2.15. The van der Waals surface area contributed by atoms with E-state index in [1.54, 1.807) is 4.57 Å². The zero-order valence-electron chi connectivity index (χ0n) is 10.8. The molecule has 0 spiro atoms. The second-order valence-corrected chi connectivity index (χ2v) is 4.67. The number of hydrogen-bond acceptors (Lipinski definition) is 2. The summed E-state index contributed by atoms with van der Waals surface area (Å²) in [5.41, 5.74) is 2.01. The van der Waals surface area contributed by atoms with Gasteiger partial charge in [-0.3, -0.25) is 9.36 Å². The van der Waals surface area contributed by atoms with Crippen LogP contribution in [-0.4, -0.2) is 17.4 Å². The van der Waals surface area contributed by atoms with Crippen LogP contribution >= 0.6 is 0 Å². The van der Waals surface area contributed by atoms with Crippen LogP contribution in [0.5, 0.6) is 0 Å². The van der Waals surface area contributed by atoms with Crippen LogP contribution in [0.2, 0.25) is 0 Å². The van der Waals surface area contributed by atoms with Crippen LogP contribution in [0.25, 0.3) is 10.9 Å². The Morgan fingerprint density at radius 3 is 2.71 bits per heavy atom. The number of nitrogens with zero attached hydrogens (tertiary/aromatic N) is 2. The molecule has 4 heteroatoms. The fourth-order valence-corrected chi connectivity index (χ4v) is 2.14. The minimum atomic E-state index is 0.0712. The van der Waals surface area contributed by atoms with E-state index in [1.807, 2.05) is 46.8 Å². The van der Waals surface area contributed by atoms with E-state index in [9.17, 15) is 4.79 Å². The first-order valence-electron chi connectivity index (χ1n) is 6.06. The summed E-state index contributed by atoms with van der Waals surface area (Å²) in [5, 5.41) is 0.710. The second kappa shape index (κ2) is 4.36. The van der Waals surface area contributed by atoms with Crippen molar-refractivity contribution < 1.29 is 0 Å². The smallest absolute Gasteiger partial charge is 0.261 e. The van der Waals surface area contributed by atoms with Gasteiger partial charge < -0.3 is 0 Å². The van der Waals surface area contributed by atoms with Gasteiger partial charge in [-0.2, -0.15) is 0 Å². The normalized spacial score (nSPS) is 11.3. The summed E-state index contributed by atoms with van der Waals surface area (Å²) in [7, 11) is 2.01. The first-order valence-corrected chi connectivity index (χ1v) is 6.06. The van der Waals surface area contributed by atoms with Gasteiger partial charge in [-0.15, -0.1) is 0 Å². The lowest BCUT2D eigenvalue weighted by atomic mass is 9.95. The molecule has 0 amide bonds. The maximum atomic E-state index is 12.4. The first-order chi connectivity index (χ1) is 8.04. The maximum Gasteiger partial charge on any atom is 0.261 e. The Kier molecular flexibility index (Phi) is 3.05. The van der Waals surface area contributed by atoms with E-state index in [1.165, 1.54) is 0 Å². The molecule has 0 aliphatic heterocycles. The minimum absolute atomic E-state index is 0.0712. The van der Waals surface area contributed by atoms with Crippen LogP contribution < -0.4 is 11.0 Å². The Morgan fingerprint density at radius 1 is 1.41 bits per heavy atom. The Labute approximate surface area is 102 Å². The van der Waals surface area contributed by atoms with Gasteiger partial charge in [0, 0.05) is 12.5 Å². The van der Waals surface area contributed by atoms with Crippen molar-refractivity contribution in [3.63, 3.8) is 0 Å². The third-order valence-electron chi connectivity index (χ3n) is 2.96. The Morgan fingerprint density at radius 2 is 2.12 bits per heavy atom. The van der Waals surface area contributed by atoms with Crippen molar-refractivity contribution in [3.8, 4) is 0 Å². The molecule has 1 heterocycles. The van der Waals surface area contributed by atoms with Crippen molar-refractivity contribution in [2.45, 2.75) is 33.2 Å². The molecule has 0 bridgehead atoms. The third kappa shape index (κ3) is 1.99. The lowest BCUT2D eigenvalue weighted by molar-refractivity contribution is 0.543. The molecule has 3 nitrogen and oxygen atoms in total. The summed E-state index contributed by atoms with van der Waals surface area (Å²) in [5.74, 6) is 0.864. The molecule has 0 N–H and O–H groups in total. The van der Waals surface area contributed by atoms with Crippen molar-refractivity contribution in [2.24, 2.45) is 0 Å². The largest absolute Gasteiger partial charge is 0.294 e. The quantitative estimate of drug-likeness (QED) is 0.712. The monoisotopic (exact) mass is 228 g/mol. The standard InChI is InChI=1S/C13H17BN2O/c1-4-12-15-11-7-9(14)5-6-10(11)13(17)16(12)8(2)3/h5-8H,4,14H2,1-3H3. The zero-order valence-corrected chi connectivity index (χ0v) is 10.8. The molecule has 0 radical (unpaired) electrons. The van der Waals surface area contributed by atoms with Crippen LogP contribution in [-0.2, 0) is 6.42 Å². The van der Waals surface area contributed by atoms with Gasteiger partial charge in [-0.25, -0.2) is 4.98 Å². The van der Waals surface area contributed by atoms with Gasteiger partial charge in [0.15, 0.2) is 0 Å². The van der Waals surface area contributed by atoms with Gasteiger partial charge in [-0.1, -0.05) is 18.5 Å². The molecule has 0 aliphatic rings. The van der Waals surface area contributed by atoms with E-state index < -0.39 is 0 Å². The number of benzene rings is 1. The summed E-state index contributed by atoms with van der Waals surface area (Å²) in [4.78, 5) is 17.0. The lowest BCUT2D eigenvalue weighted by Crippen LogP contribution is -2.27. The van der Waals surface area contributed by atoms with Gasteiger partial charge >= 0.3 is 0 Å². The molecule has 17 heavy (non-hydrogen) atoms. The molecule has 0 aliphatic carbocycles. The van der Waals surface area contributed by atoms with Gasteiger partial charge in [0.25, 0.3) is 5.56 Å². The van der Waals surface area contributed by atoms with Crippen molar-refractivity contribution in [3.05, 3.63) is 34.4 Å². The van der Waals surface area contributed by atoms with Gasteiger partial charge in [-0.05, 0) is 26.0 Å². The molecule has 2 rings (SSSR count). The molecule has 0 unspecified atom stereocenters. The van der Waals surface area contributed by atoms with E-state index in [4.69, 9.17) is 0 Å². The van der Waals surface area contributed by atoms with E-state index in [2.05, 4.69) is 4.98 Å². The van der Waals surface area contributed by atoms with Crippen LogP contribution in [0.15, 0.2) is 23.0 Å². The van der Waals surface area contributed by atoms with Crippen LogP contribution in [0, 0.1) is 0 Å². The van der Waals surface area contributed by atoms with E-state index >= 15 is 0 Å². The Hall–Kier alpha value is -1.58. The SMILES string of the molecule is Bc1ccc2c(=O)n(C(C)C)c(CC)nc2c1. The maximum absolute atomic E-state index is 12.4. The fraction of sp³-hybridized carbons (Fsp3) is 0.385. The number of aryl methyl sites for hydroxylation is 1. The summed E-state index contributed by atoms with van der Waals surface area (Å²) >= 11 is 0. The highest BCUT2D eigenvalue weighted by molar-refractivity contribution is 6.33. The van der Waals surface area contributed by atoms with Crippen molar-refractivity contribution in [2.75, 3.05) is 0 Å². The van der Waals surface area contributed by atoms with Gasteiger partial charge in [0.2, 0.25) is 0 Å². The van der Waals surface area contributed by atoms with E-state index in [0.29, 0.717) is 5.39 Å². The predicted octanol–water partition coefficient (Wildman–Crippen LogP) is 0.798. The molecule has 1 aromatic heterocycles. The van der Waals surface area contributed by atoms with E-state index in [0.717, 1.165) is 23.2 Å². The number of aromatic nitrogens is 2. The highest BCUT2D eigenvalue weighted by atomic mass is 16.1. The van der Waals surface area contributed by atoms with Crippen LogP contribution in [0.3, 0.4) is 0 Å². The molecule has 2 aromatic rings. The minimum Gasteiger partial charge on any atom is -0.294 e. The van der Waals surface area contributed by atoms with Gasteiger partial charge in [0.05, 0.1) is 10.9 Å². The highest BCUT2D eigenvalue weighted by Crippen LogP contribution is 2.11. The molecule has 0 saturated heterocycles. The van der Waals surface area contributed by atoms with Crippen LogP contribution in [0.4, 0.5) is 0 Å². The summed E-state index contributed by atoms with van der Waals surface area (Å²) in [6.45, 7) is 6.06. The summed E-state index contributed by atoms with van der Waals surface area (Å²) in [6, 6.07) is 5.95. The summed E-state index contributed by atoms with van der Waals surface area (Å²) < 4.78 is 1.79. The molecule has 88 valence electrons. The van der Waals surface area contributed by atoms with E-state index in [-0.39, 0.29) is 11.6 Å². The predicted molar refractivity (Wildman–Crippen MR) is 73.9 cm³/mol. The summed E-state index contributed by atoms with van der Waals surface area (Å²) in [6.07, 6.45) is 0.775. The third-order valence-corrected chi connectivity index (χ3v) is 2.96. The number of hydrogen-bond donors (Lipinski definition) is 0. The second-order valence-electron chi connectivity index (χ2n) is 4.67. The number of rotatable bonds is 2.